The van der Waals surface area contributed by atoms with Crippen molar-refractivity contribution in [1.29, 1.82) is 0 Å². The Balaban J connectivity index is 0.000000342. The van der Waals surface area contributed by atoms with E-state index >= 15 is 0 Å². The lowest BCUT2D eigenvalue weighted by Gasteiger charge is -2.18. The van der Waals surface area contributed by atoms with Crippen molar-refractivity contribution < 1.29 is 39.9 Å². The van der Waals surface area contributed by atoms with E-state index in [1.54, 1.807) is 0 Å². The van der Waals surface area contributed by atoms with Crippen LogP contribution in [-0.2, 0) is 14.4 Å². The smallest absolute Gasteiger partial charge is 0.335 e. The van der Waals surface area contributed by atoms with Crippen molar-refractivity contribution in [3.05, 3.63) is 0 Å². The van der Waals surface area contributed by atoms with Gasteiger partial charge in [-0.25, -0.2) is 9.59 Å². The van der Waals surface area contributed by atoms with Crippen LogP contribution in [0.2, 0.25) is 0 Å². The number of aliphatic hydroxyl groups is 2. The van der Waals surface area contributed by atoms with Crippen LogP contribution in [0.1, 0.15) is 19.3 Å². The predicted molar refractivity (Wildman–Crippen MR) is 60.6 cm³/mol. The third-order valence-corrected chi connectivity index (χ3v) is 2.41. The highest BCUT2D eigenvalue weighted by atomic mass is 16.4. The van der Waals surface area contributed by atoms with Crippen molar-refractivity contribution >= 4 is 17.9 Å². The summed E-state index contributed by atoms with van der Waals surface area (Å²) in [5, 5.41) is 43.9. The van der Waals surface area contributed by atoms with Crippen molar-refractivity contribution in [2.45, 2.75) is 37.5 Å². The van der Waals surface area contributed by atoms with Crippen LogP contribution in [0.15, 0.2) is 0 Å². The Morgan fingerprint density at radius 1 is 0.947 bits per heavy atom. The van der Waals surface area contributed by atoms with E-state index in [0.29, 0.717) is 0 Å². The molecule has 0 aromatic carbocycles. The predicted octanol–water partition coefficient (Wildman–Crippen LogP) is -1.91. The Labute approximate surface area is 108 Å². The van der Waals surface area contributed by atoms with Crippen LogP contribution in [0.5, 0.6) is 0 Å². The van der Waals surface area contributed by atoms with Gasteiger partial charge in [0.15, 0.2) is 12.2 Å². The molecular formula is C10H17NO8. The van der Waals surface area contributed by atoms with E-state index in [1.807, 2.05) is 0 Å². The molecule has 1 saturated heterocycles. The van der Waals surface area contributed by atoms with Crippen LogP contribution >= 0.6 is 0 Å². The fourth-order valence-corrected chi connectivity index (χ4v) is 1.33. The molecule has 1 heterocycles. The molecule has 0 aliphatic carbocycles. The van der Waals surface area contributed by atoms with Crippen LogP contribution in [0, 0.1) is 0 Å². The van der Waals surface area contributed by atoms with Gasteiger partial charge < -0.3 is 30.8 Å². The van der Waals surface area contributed by atoms with E-state index in [-0.39, 0.29) is 6.04 Å². The van der Waals surface area contributed by atoms with Crippen LogP contribution < -0.4 is 5.32 Å². The molecule has 9 nitrogen and oxygen atoms in total. The molecule has 110 valence electrons. The molecular weight excluding hydrogens is 262 g/mol. The van der Waals surface area contributed by atoms with Gasteiger partial charge in [-0.2, -0.15) is 0 Å². The van der Waals surface area contributed by atoms with Gasteiger partial charge in [0.1, 0.15) is 6.04 Å². The summed E-state index contributed by atoms with van der Waals surface area (Å²) in [6, 6.07) is -0.279. The molecule has 1 aliphatic rings. The van der Waals surface area contributed by atoms with Crippen molar-refractivity contribution in [2.75, 3.05) is 6.54 Å². The third-order valence-electron chi connectivity index (χ3n) is 2.41. The molecule has 3 atom stereocenters. The standard InChI is InChI=1S/C6H11NO2.C4H6O6/c8-6(9)5-3-1-2-4-7-5;5-1(3(7)8)2(6)4(9)10/h5,7H,1-4H2,(H,8,9);1-2,5-6H,(H,7,8)(H,9,10). The lowest BCUT2D eigenvalue weighted by Crippen LogP contribution is -2.40. The Bertz CT molecular complexity index is 307. The van der Waals surface area contributed by atoms with Gasteiger partial charge in [-0.05, 0) is 19.4 Å². The van der Waals surface area contributed by atoms with Crippen LogP contribution in [-0.4, -0.2) is 68.2 Å². The van der Waals surface area contributed by atoms with Gasteiger partial charge in [-0.3, -0.25) is 4.79 Å². The van der Waals surface area contributed by atoms with E-state index in [1.165, 1.54) is 0 Å². The molecule has 0 aromatic rings. The molecule has 1 fully saturated rings. The Morgan fingerprint density at radius 2 is 1.42 bits per heavy atom. The first-order valence-electron chi connectivity index (χ1n) is 5.55. The minimum atomic E-state index is -2.27. The number of aliphatic carboxylic acids is 3. The zero-order chi connectivity index (χ0) is 15.0. The quantitative estimate of drug-likeness (QED) is 0.344. The number of hydrogen-bond donors (Lipinski definition) is 6. The van der Waals surface area contributed by atoms with E-state index in [9.17, 15) is 14.4 Å². The second kappa shape index (κ2) is 8.40. The third kappa shape index (κ3) is 6.70. The lowest BCUT2D eigenvalue weighted by molar-refractivity contribution is -0.165. The summed E-state index contributed by atoms with van der Waals surface area (Å²) in [7, 11) is 0. The maximum absolute atomic E-state index is 10.3. The first-order valence-corrected chi connectivity index (χ1v) is 5.55. The van der Waals surface area contributed by atoms with Crippen LogP contribution in [0.4, 0.5) is 0 Å². The summed E-state index contributed by atoms with van der Waals surface area (Å²) in [4.78, 5) is 29.8. The maximum Gasteiger partial charge on any atom is 0.335 e. The normalized spacial score (nSPS) is 21.5. The van der Waals surface area contributed by atoms with E-state index in [4.69, 9.17) is 25.5 Å². The van der Waals surface area contributed by atoms with Gasteiger partial charge in [0, 0.05) is 0 Å². The van der Waals surface area contributed by atoms with Gasteiger partial charge in [0.25, 0.3) is 0 Å². The summed E-state index contributed by atoms with van der Waals surface area (Å²) >= 11 is 0. The zero-order valence-corrected chi connectivity index (χ0v) is 10.0. The first kappa shape index (κ1) is 17.3. The molecule has 0 aromatic heterocycles. The second-order valence-electron chi connectivity index (χ2n) is 3.91. The molecule has 9 heteroatoms. The molecule has 1 rings (SSSR count). The number of carbonyl (C=O) groups is 3. The summed E-state index contributed by atoms with van der Waals surface area (Å²) in [5.41, 5.74) is 0. The maximum atomic E-state index is 10.3. The van der Waals surface area contributed by atoms with Crippen molar-refractivity contribution in [3.63, 3.8) is 0 Å². The zero-order valence-electron chi connectivity index (χ0n) is 10.0. The molecule has 19 heavy (non-hydrogen) atoms. The molecule has 0 bridgehead atoms. The van der Waals surface area contributed by atoms with Crippen molar-refractivity contribution in [1.82, 2.24) is 5.32 Å². The number of carboxylic acids is 3. The number of hydrogen-bond acceptors (Lipinski definition) is 6. The number of carboxylic acid groups (broad SMARTS) is 3. The van der Waals surface area contributed by atoms with Gasteiger partial charge in [0.05, 0.1) is 0 Å². The second-order valence-corrected chi connectivity index (χ2v) is 3.91. The molecule has 0 amide bonds. The summed E-state index contributed by atoms with van der Waals surface area (Å²) in [6.07, 6.45) is -1.58. The largest absolute Gasteiger partial charge is 0.480 e. The molecule has 3 unspecified atom stereocenters. The van der Waals surface area contributed by atoms with Gasteiger partial charge in [-0.15, -0.1) is 0 Å². The average Bonchev–Trinajstić information content (AvgIpc) is 2.38. The molecule has 6 N–H and O–H groups in total. The van der Waals surface area contributed by atoms with Crippen LogP contribution in [0.25, 0.3) is 0 Å². The fourth-order valence-electron chi connectivity index (χ4n) is 1.33. The Morgan fingerprint density at radius 3 is 1.63 bits per heavy atom. The minimum Gasteiger partial charge on any atom is -0.480 e. The van der Waals surface area contributed by atoms with Gasteiger partial charge in [-0.1, -0.05) is 6.42 Å². The fraction of sp³-hybridized carbons (Fsp3) is 0.700. The summed E-state index contributed by atoms with van der Waals surface area (Å²) in [5.74, 6) is -4.25. The number of aliphatic hydroxyl groups excluding tert-OH is 2. The summed E-state index contributed by atoms with van der Waals surface area (Å²) < 4.78 is 0. The monoisotopic (exact) mass is 279 g/mol. The molecule has 0 saturated carbocycles. The number of rotatable bonds is 4. The van der Waals surface area contributed by atoms with E-state index in [0.717, 1.165) is 25.8 Å². The van der Waals surface area contributed by atoms with Crippen LogP contribution in [0.3, 0.4) is 0 Å². The van der Waals surface area contributed by atoms with Crippen molar-refractivity contribution in [2.24, 2.45) is 0 Å². The van der Waals surface area contributed by atoms with Gasteiger partial charge >= 0.3 is 17.9 Å². The highest BCUT2D eigenvalue weighted by Gasteiger charge is 2.29. The highest BCUT2D eigenvalue weighted by molar-refractivity contribution is 5.83. The molecule has 1 aliphatic heterocycles. The number of piperidine rings is 1. The van der Waals surface area contributed by atoms with E-state index in [2.05, 4.69) is 5.32 Å². The topological polar surface area (TPSA) is 164 Å². The number of nitrogens with one attached hydrogen (secondary N) is 1. The molecule has 0 radical (unpaired) electrons. The van der Waals surface area contributed by atoms with E-state index < -0.39 is 30.1 Å². The van der Waals surface area contributed by atoms with Gasteiger partial charge in [0.2, 0.25) is 0 Å². The lowest BCUT2D eigenvalue weighted by atomic mass is 10.1. The highest BCUT2D eigenvalue weighted by Crippen LogP contribution is 2.05. The Kier molecular flexibility index (Phi) is 7.65. The average molecular weight is 279 g/mol. The molecule has 0 spiro atoms. The first-order chi connectivity index (χ1) is 8.77. The Hall–Kier alpha value is -1.71. The minimum absolute atomic E-state index is 0.279. The SMILES string of the molecule is O=C(O)C(O)C(O)C(=O)O.O=C(O)C1CCCCN1. The van der Waals surface area contributed by atoms with Crippen molar-refractivity contribution in [3.8, 4) is 0 Å². The summed E-state index contributed by atoms with van der Waals surface area (Å²) in [6.45, 7) is 0.858.